The van der Waals surface area contributed by atoms with Crippen molar-refractivity contribution in [3.8, 4) is 0 Å². The molecular weight excluding hydrogens is 817 g/mol. The maximum absolute atomic E-state index is 12.2. The summed E-state index contributed by atoms with van der Waals surface area (Å²) in [5.41, 5.74) is 1.97. The van der Waals surface area contributed by atoms with Gasteiger partial charge < -0.3 is 14.6 Å². The number of carbonyl (C=O) groups is 4. The molecule has 2 aromatic rings. The fourth-order valence-corrected chi connectivity index (χ4v) is 11.9. The number of thioether (sulfide) groups is 1. The molecule has 13 nitrogen and oxygen atoms in total. The number of sulfonamides is 2. The molecule has 5 rings (SSSR count). The SMILES string of the molecule is CC(=O)SC1CCC(C(=O)OCc2ccccc2)CC1.CC(C)NS(=O)(=O)C1CCC(C(=O)O)CC1.CC(C)NS(=O)(=O)C1CCC(C(=O)OCc2ccccc2)CC1. The van der Waals surface area contributed by atoms with E-state index in [1.54, 1.807) is 20.8 Å². The fourth-order valence-electron chi connectivity index (χ4n) is 7.42. The van der Waals surface area contributed by atoms with Gasteiger partial charge in [-0.05, 0) is 116 Å². The van der Waals surface area contributed by atoms with Gasteiger partial charge in [0, 0.05) is 24.3 Å². The Kier molecular flexibility index (Phi) is 21.1. The first-order valence-electron chi connectivity index (χ1n) is 20.7. The van der Waals surface area contributed by atoms with Crippen molar-refractivity contribution in [2.75, 3.05) is 0 Å². The van der Waals surface area contributed by atoms with Crippen LogP contribution in [0, 0.1) is 17.8 Å². The summed E-state index contributed by atoms with van der Waals surface area (Å²) in [7, 11) is -6.56. The summed E-state index contributed by atoms with van der Waals surface area (Å²) >= 11 is 1.41. The van der Waals surface area contributed by atoms with Crippen LogP contribution in [0.3, 0.4) is 0 Å². The zero-order valence-corrected chi connectivity index (χ0v) is 37.5. The first kappa shape index (κ1) is 50.0. The summed E-state index contributed by atoms with van der Waals surface area (Å²) in [6, 6.07) is 19.1. The minimum atomic E-state index is -3.29. The molecule has 0 amide bonds. The summed E-state index contributed by atoms with van der Waals surface area (Å²) in [5.74, 6) is -1.69. The highest BCUT2D eigenvalue weighted by Gasteiger charge is 2.35. The predicted octanol–water partition coefficient (Wildman–Crippen LogP) is 7.14. The molecule has 330 valence electrons. The number of hydrogen-bond donors (Lipinski definition) is 3. The molecule has 0 bridgehead atoms. The van der Waals surface area contributed by atoms with E-state index in [1.807, 2.05) is 74.5 Å². The molecule has 0 atom stereocenters. The zero-order valence-electron chi connectivity index (χ0n) is 35.0. The predicted molar refractivity (Wildman–Crippen MR) is 230 cm³/mol. The van der Waals surface area contributed by atoms with E-state index >= 15 is 0 Å². The minimum Gasteiger partial charge on any atom is -0.481 e. The normalized spacial score (nSPS) is 23.4. The first-order chi connectivity index (χ1) is 27.9. The molecule has 0 unspecified atom stereocenters. The molecule has 3 saturated carbocycles. The molecule has 3 aliphatic rings. The molecule has 16 heteroatoms. The van der Waals surface area contributed by atoms with Crippen molar-refractivity contribution >= 4 is 54.8 Å². The Morgan fingerprint density at radius 3 is 1.25 bits per heavy atom. The Morgan fingerprint density at radius 1 is 0.593 bits per heavy atom. The number of esters is 2. The van der Waals surface area contributed by atoms with Crippen molar-refractivity contribution in [2.24, 2.45) is 17.8 Å². The van der Waals surface area contributed by atoms with Gasteiger partial charge in [0.15, 0.2) is 5.12 Å². The number of carboxylic acid groups (broad SMARTS) is 1. The maximum atomic E-state index is 12.2. The van der Waals surface area contributed by atoms with Crippen LogP contribution in [-0.4, -0.2) is 72.8 Å². The lowest BCUT2D eigenvalue weighted by atomic mass is 9.89. The third-order valence-corrected chi connectivity index (χ3v) is 15.9. The quantitative estimate of drug-likeness (QED) is 0.162. The van der Waals surface area contributed by atoms with Gasteiger partial charge >= 0.3 is 17.9 Å². The highest BCUT2D eigenvalue weighted by Crippen LogP contribution is 2.33. The average Bonchev–Trinajstić information content (AvgIpc) is 3.19. The van der Waals surface area contributed by atoms with Gasteiger partial charge in [-0.3, -0.25) is 19.2 Å². The Hall–Kier alpha value is -3.31. The molecule has 0 aliphatic heterocycles. The highest BCUT2D eigenvalue weighted by molar-refractivity contribution is 8.14. The van der Waals surface area contributed by atoms with Crippen LogP contribution in [-0.2, 0) is 61.9 Å². The van der Waals surface area contributed by atoms with Crippen LogP contribution >= 0.6 is 11.8 Å². The number of aliphatic carboxylic acids is 1. The van der Waals surface area contributed by atoms with E-state index in [9.17, 15) is 36.0 Å². The number of benzene rings is 2. The van der Waals surface area contributed by atoms with E-state index in [2.05, 4.69) is 9.44 Å². The van der Waals surface area contributed by atoms with E-state index in [1.165, 1.54) is 11.8 Å². The number of nitrogens with one attached hydrogen (secondary N) is 2. The van der Waals surface area contributed by atoms with Gasteiger partial charge in [0.1, 0.15) is 13.2 Å². The third-order valence-electron chi connectivity index (χ3n) is 10.5. The Bertz CT molecular complexity index is 1820. The highest BCUT2D eigenvalue weighted by atomic mass is 32.2. The van der Waals surface area contributed by atoms with Crippen LogP contribution in [0.4, 0.5) is 0 Å². The van der Waals surface area contributed by atoms with Gasteiger partial charge in [0.2, 0.25) is 20.0 Å². The molecule has 0 spiro atoms. The molecule has 3 aliphatic carbocycles. The Labute approximate surface area is 355 Å². The van der Waals surface area contributed by atoms with Crippen LogP contribution in [0.1, 0.15) is 123 Å². The topological polar surface area (TPSA) is 199 Å². The van der Waals surface area contributed by atoms with Crippen molar-refractivity contribution in [1.29, 1.82) is 0 Å². The average molecular weight is 881 g/mol. The molecule has 0 saturated heterocycles. The van der Waals surface area contributed by atoms with Crippen molar-refractivity contribution in [3.05, 3.63) is 71.8 Å². The summed E-state index contributed by atoms with van der Waals surface area (Å²) < 4.78 is 63.9. The summed E-state index contributed by atoms with van der Waals surface area (Å²) in [6.07, 6.45) is 7.47. The molecular formula is C43H64N2O11S3. The van der Waals surface area contributed by atoms with Crippen LogP contribution in [0.25, 0.3) is 0 Å². The van der Waals surface area contributed by atoms with Gasteiger partial charge in [-0.1, -0.05) is 72.4 Å². The lowest BCUT2D eigenvalue weighted by molar-refractivity contribution is -0.151. The van der Waals surface area contributed by atoms with Crippen LogP contribution < -0.4 is 9.44 Å². The van der Waals surface area contributed by atoms with Crippen LogP contribution in [0.15, 0.2) is 60.7 Å². The van der Waals surface area contributed by atoms with E-state index in [-0.39, 0.29) is 53.5 Å². The van der Waals surface area contributed by atoms with Crippen molar-refractivity contribution in [1.82, 2.24) is 9.44 Å². The van der Waals surface area contributed by atoms with E-state index in [4.69, 9.17) is 14.6 Å². The molecule has 59 heavy (non-hydrogen) atoms. The second kappa shape index (κ2) is 24.8. The second-order valence-electron chi connectivity index (χ2n) is 16.2. The Morgan fingerprint density at radius 2 is 0.932 bits per heavy atom. The molecule has 0 heterocycles. The van der Waals surface area contributed by atoms with Crippen molar-refractivity contribution in [2.45, 2.75) is 153 Å². The summed E-state index contributed by atoms with van der Waals surface area (Å²) in [6.45, 7) is 9.40. The van der Waals surface area contributed by atoms with Crippen molar-refractivity contribution < 1.29 is 50.6 Å². The lowest BCUT2D eigenvalue weighted by Crippen LogP contribution is -2.40. The van der Waals surface area contributed by atoms with E-state index in [0.717, 1.165) is 36.8 Å². The van der Waals surface area contributed by atoms with E-state index < -0.39 is 36.5 Å². The minimum absolute atomic E-state index is 0.00233. The van der Waals surface area contributed by atoms with Gasteiger partial charge in [0.05, 0.1) is 28.3 Å². The summed E-state index contributed by atoms with van der Waals surface area (Å²) in [5, 5.41) is 8.53. The number of hydrogen-bond acceptors (Lipinski definition) is 11. The smallest absolute Gasteiger partial charge is 0.309 e. The number of carbonyl (C=O) groups excluding carboxylic acids is 3. The molecule has 3 N–H and O–H groups in total. The first-order valence-corrected chi connectivity index (χ1v) is 24.7. The summed E-state index contributed by atoms with van der Waals surface area (Å²) in [4.78, 5) is 45.9. The molecule has 2 aromatic carbocycles. The fraction of sp³-hybridized carbons (Fsp3) is 0.628. The number of ether oxygens (including phenoxy) is 2. The number of carboxylic acids is 1. The van der Waals surface area contributed by atoms with Gasteiger partial charge in [-0.25, -0.2) is 26.3 Å². The van der Waals surface area contributed by atoms with Gasteiger partial charge in [-0.15, -0.1) is 0 Å². The number of rotatable bonds is 14. The third kappa shape index (κ3) is 18.5. The maximum Gasteiger partial charge on any atom is 0.309 e. The molecule has 3 fully saturated rings. The second-order valence-corrected chi connectivity index (χ2v) is 21.7. The standard InChI is InChI=1S/C17H25NO4S.C16H20O3S.C10H19NO4S/c1-13(2)18-23(20,21)16-10-8-15(9-11-16)17(19)22-12-14-6-4-3-5-7-14;1-12(17)20-15-9-7-14(8-10-15)16(18)19-11-13-5-3-2-4-6-13;1-7(2)11-16(14,15)9-5-3-8(4-6-9)10(12)13/h3-7,13,15-16,18H,8-12H2,1-2H3;2-6,14-15H,7-11H2,1H3;7-9,11H,3-6H2,1-2H3,(H,12,13). The Balaban J connectivity index is 0.000000241. The molecule has 0 aromatic heterocycles. The van der Waals surface area contributed by atoms with Crippen molar-refractivity contribution in [3.63, 3.8) is 0 Å². The van der Waals surface area contributed by atoms with Crippen LogP contribution in [0.5, 0.6) is 0 Å². The largest absolute Gasteiger partial charge is 0.481 e. The van der Waals surface area contributed by atoms with Gasteiger partial charge in [-0.2, -0.15) is 0 Å². The van der Waals surface area contributed by atoms with Crippen LogP contribution in [0.2, 0.25) is 0 Å². The lowest BCUT2D eigenvalue weighted by Gasteiger charge is -2.27. The van der Waals surface area contributed by atoms with Gasteiger partial charge in [0.25, 0.3) is 0 Å². The van der Waals surface area contributed by atoms with E-state index in [0.29, 0.717) is 63.2 Å². The zero-order chi connectivity index (χ0) is 43.6. The monoisotopic (exact) mass is 880 g/mol. The molecule has 0 radical (unpaired) electrons.